The number of anilines is 2. The van der Waals surface area contributed by atoms with E-state index in [9.17, 15) is 13.2 Å². The van der Waals surface area contributed by atoms with E-state index in [1.54, 1.807) is 24.3 Å². The minimum absolute atomic E-state index is 0.132. The molecule has 2 rings (SSSR count). The molecule has 3 N–H and O–H groups in total. The van der Waals surface area contributed by atoms with Crippen LogP contribution in [-0.4, -0.2) is 36.0 Å². The standard InChI is InChI=1S/C13H14F3N3O/c14-13(15,16)8-19(5-6-20)12-4-1-9-7-10(17)2-3-11(9)18-12/h1-4,7,20H,5-6,8,17H2. The number of halogens is 3. The van der Waals surface area contributed by atoms with Gasteiger partial charge in [-0.3, -0.25) is 0 Å². The van der Waals surface area contributed by atoms with E-state index in [0.717, 1.165) is 10.3 Å². The van der Waals surface area contributed by atoms with E-state index in [2.05, 4.69) is 4.98 Å². The number of pyridine rings is 1. The summed E-state index contributed by atoms with van der Waals surface area (Å²) in [6.07, 6.45) is -4.35. The molecule has 0 saturated heterocycles. The molecule has 1 aromatic carbocycles. The molecule has 4 nitrogen and oxygen atoms in total. The second-order valence-electron chi connectivity index (χ2n) is 4.38. The van der Waals surface area contributed by atoms with Crippen molar-refractivity contribution in [3.63, 3.8) is 0 Å². The minimum Gasteiger partial charge on any atom is -0.399 e. The van der Waals surface area contributed by atoms with Gasteiger partial charge >= 0.3 is 6.18 Å². The Morgan fingerprint density at radius 2 is 1.95 bits per heavy atom. The molecule has 0 spiro atoms. The highest BCUT2D eigenvalue weighted by Crippen LogP contribution is 2.23. The van der Waals surface area contributed by atoms with Crippen molar-refractivity contribution in [2.45, 2.75) is 6.18 Å². The van der Waals surface area contributed by atoms with Crippen LogP contribution in [0.25, 0.3) is 10.9 Å². The quantitative estimate of drug-likeness (QED) is 0.845. The minimum atomic E-state index is -4.35. The summed E-state index contributed by atoms with van der Waals surface area (Å²) in [4.78, 5) is 5.17. The van der Waals surface area contributed by atoms with Gasteiger partial charge in [-0.25, -0.2) is 4.98 Å². The van der Waals surface area contributed by atoms with Crippen LogP contribution < -0.4 is 10.6 Å². The molecular weight excluding hydrogens is 271 g/mol. The van der Waals surface area contributed by atoms with Crippen LogP contribution in [0.3, 0.4) is 0 Å². The maximum absolute atomic E-state index is 12.5. The third kappa shape index (κ3) is 3.51. The number of fused-ring (bicyclic) bond motifs is 1. The van der Waals surface area contributed by atoms with Gasteiger partial charge in [0.1, 0.15) is 12.4 Å². The van der Waals surface area contributed by atoms with Crippen LogP contribution in [-0.2, 0) is 0 Å². The topological polar surface area (TPSA) is 62.4 Å². The van der Waals surface area contributed by atoms with E-state index in [0.29, 0.717) is 11.2 Å². The van der Waals surface area contributed by atoms with Gasteiger partial charge < -0.3 is 15.7 Å². The maximum Gasteiger partial charge on any atom is 0.405 e. The number of aromatic nitrogens is 1. The molecule has 0 bridgehead atoms. The van der Waals surface area contributed by atoms with Crippen molar-refractivity contribution in [1.29, 1.82) is 0 Å². The fraction of sp³-hybridized carbons (Fsp3) is 0.308. The lowest BCUT2D eigenvalue weighted by atomic mass is 10.2. The predicted molar refractivity (Wildman–Crippen MR) is 71.5 cm³/mol. The number of nitrogen functional groups attached to an aromatic ring is 1. The first-order valence-corrected chi connectivity index (χ1v) is 5.98. The monoisotopic (exact) mass is 285 g/mol. The first kappa shape index (κ1) is 14.4. The van der Waals surface area contributed by atoms with Crippen molar-refractivity contribution in [2.75, 3.05) is 30.3 Å². The van der Waals surface area contributed by atoms with Crippen LogP contribution in [0.2, 0.25) is 0 Å². The predicted octanol–water partition coefficient (Wildman–Crippen LogP) is 2.18. The lowest BCUT2D eigenvalue weighted by Crippen LogP contribution is -2.36. The number of hydrogen-bond donors (Lipinski definition) is 2. The molecule has 0 amide bonds. The van der Waals surface area contributed by atoms with Crippen molar-refractivity contribution in [3.05, 3.63) is 30.3 Å². The fourth-order valence-corrected chi connectivity index (χ4v) is 1.92. The molecule has 1 aromatic heterocycles. The number of alkyl halides is 3. The van der Waals surface area contributed by atoms with Crippen LogP contribution in [0.1, 0.15) is 0 Å². The van der Waals surface area contributed by atoms with E-state index in [4.69, 9.17) is 10.8 Å². The van der Waals surface area contributed by atoms with Gasteiger partial charge in [0.15, 0.2) is 0 Å². The molecule has 2 aromatic rings. The van der Waals surface area contributed by atoms with Crippen LogP contribution in [0.4, 0.5) is 24.7 Å². The molecule has 0 aliphatic carbocycles. The first-order chi connectivity index (χ1) is 9.39. The lowest BCUT2D eigenvalue weighted by molar-refractivity contribution is -0.119. The summed E-state index contributed by atoms with van der Waals surface area (Å²) in [5.74, 6) is 0.175. The number of benzene rings is 1. The molecule has 0 fully saturated rings. The molecule has 108 valence electrons. The Balaban J connectivity index is 2.35. The molecule has 0 unspecified atom stereocenters. The second-order valence-corrected chi connectivity index (χ2v) is 4.38. The molecule has 0 saturated carbocycles. The molecular formula is C13H14F3N3O. The van der Waals surface area contributed by atoms with E-state index in [-0.39, 0.29) is 19.0 Å². The van der Waals surface area contributed by atoms with Gasteiger partial charge in [-0.05, 0) is 30.3 Å². The Labute approximate surface area is 113 Å². The van der Waals surface area contributed by atoms with Crippen molar-refractivity contribution in [3.8, 4) is 0 Å². The molecule has 20 heavy (non-hydrogen) atoms. The summed E-state index contributed by atoms with van der Waals surface area (Å²) in [6.45, 7) is -1.66. The van der Waals surface area contributed by atoms with E-state index in [1.807, 2.05) is 0 Å². The van der Waals surface area contributed by atoms with Gasteiger partial charge in [0.05, 0.1) is 12.1 Å². The zero-order valence-corrected chi connectivity index (χ0v) is 10.6. The Bertz CT molecular complexity index is 601. The molecule has 0 atom stereocenters. The summed E-state index contributed by atoms with van der Waals surface area (Å²) in [5.41, 5.74) is 6.75. The molecule has 0 aliphatic rings. The highest BCUT2D eigenvalue weighted by Gasteiger charge is 2.31. The molecule has 0 radical (unpaired) electrons. The molecule has 1 heterocycles. The van der Waals surface area contributed by atoms with Crippen molar-refractivity contribution < 1.29 is 18.3 Å². The zero-order valence-electron chi connectivity index (χ0n) is 10.6. The first-order valence-electron chi connectivity index (χ1n) is 5.98. The third-order valence-corrected chi connectivity index (χ3v) is 2.76. The van der Waals surface area contributed by atoms with Gasteiger partial charge in [-0.15, -0.1) is 0 Å². The van der Waals surface area contributed by atoms with Crippen molar-refractivity contribution >= 4 is 22.4 Å². The number of nitrogens with two attached hydrogens (primary N) is 1. The zero-order chi connectivity index (χ0) is 14.8. The smallest absolute Gasteiger partial charge is 0.399 e. The van der Waals surface area contributed by atoms with Gasteiger partial charge in [0.2, 0.25) is 0 Å². The number of aliphatic hydroxyl groups excluding tert-OH is 1. The Morgan fingerprint density at radius 1 is 1.20 bits per heavy atom. The van der Waals surface area contributed by atoms with Crippen molar-refractivity contribution in [2.24, 2.45) is 0 Å². The van der Waals surface area contributed by atoms with Crippen LogP contribution >= 0.6 is 0 Å². The van der Waals surface area contributed by atoms with E-state index < -0.39 is 12.7 Å². The summed E-state index contributed by atoms with van der Waals surface area (Å²) in [7, 11) is 0. The van der Waals surface area contributed by atoms with Gasteiger partial charge in [-0.1, -0.05) is 0 Å². The largest absolute Gasteiger partial charge is 0.405 e. The molecule has 7 heteroatoms. The third-order valence-electron chi connectivity index (χ3n) is 2.76. The molecule has 0 aliphatic heterocycles. The van der Waals surface area contributed by atoms with Crippen LogP contribution in [0.15, 0.2) is 30.3 Å². The average molecular weight is 285 g/mol. The Morgan fingerprint density at radius 3 is 2.60 bits per heavy atom. The van der Waals surface area contributed by atoms with E-state index in [1.165, 1.54) is 6.07 Å². The summed E-state index contributed by atoms with van der Waals surface area (Å²) < 4.78 is 37.5. The SMILES string of the molecule is Nc1ccc2nc(N(CCO)CC(F)(F)F)ccc2c1. The highest BCUT2D eigenvalue weighted by atomic mass is 19.4. The fourth-order valence-electron chi connectivity index (χ4n) is 1.92. The summed E-state index contributed by atoms with van der Waals surface area (Å²) >= 11 is 0. The second kappa shape index (κ2) is 5.54. The highest BCUT2D eigenvalue weighted by molar-refractivity contribution is 5.83. The Kier molecular flexibility index (Phi) is 3.99. The maximum atomic E-state index is 12.5. The average Bonchev–Trinajstić information content (AvgIpc) is 2.36. The van der Waals surface area contributed by atoms with Crippen LogP contribution in [0.5, 0.6) is 0 Å². The number of hydrogen-bond acceptors (Lipinski definition) is 4. The number of nitrogens with zero attached hydrogens (tertiary/aromatic N) is 2. The van der Waals surface area contributed by atoms with Crippen molar-refractivity contribution in [1.82, 2.24) is 4.98 Å². The van der Waals surface area contributed by atoms with Gasteiger partial charge in [0, 0.05) is 17.6 Å². The van der Waals surface area contributed by atoms with E-state index >= 15 is 0 Å². The number of aliphatic hydroxyl groups is 1. The number of rotatable bonds is 4. The van der Waals surface area contributed by atoms with Gasteiger partial charge in [0.25, 0.3) is 0 Å². The lowest BCUT2D eigenvalue weighted by Gasteiger charge is -2.24. The van der Waals surface area contributed by atoms with Gasteiger partial charge in [-0.2, -0.15) is 13.2 Å². The Hall–Kier alpha value is -2.02. The van der Waals surface area contributed by atoms with Crippen LogP contribution in [0, 0.1) is 0 Å². The summed E-state index contributed by atoms with van der Waals surface area (Å²) in [6, 6.07) is 8.14. The summed E-state index contributed by atoms with van der Waals surface area (Å²) in [5, 5.41) is 9.65. The normalized spacial score (nSPS) is 11.8.